The second-order valence-electron chi connectivity index (χ2n) is 4.06. The zero-order valence-electron chi connectivity index (χ0n) is 11.5. The van der Waals surface area contributed by atoms with Gasteiger partial charge in [0.1, 0.15) is 0 Å². The van der Waals surface area contributed by atoms with Crippen molar-refractivity contribution < 1.29 is 10.2 Å². The van der Waals surface area contributed by atoms with Crippen LogP contribution in [-0.2, 0) is 13.1 Å². The Bertz CT molecular complexity index is 765. The van der Waals surface area contributed by atoms with Gasteiger partial charge >= 0.3 is 0 Å². The van der Waals surface area contributed by atoms with Crippen LogP contribution >= 0.6 is 47.1 Å². The molecule has 0 atom stereocenters. The standard InChI is InChI=1S/C13H14N2O2S4/c1-3-14-10(16)8(20-12(14)18)6-5-7-9-11(17)15(4-2)13(19)21-9/h6-7,16-17H,3-4H2,1-2H3. The predicted molar refractivity (Wildman–Crippen MR) is 93.4 cm³/mol. The second-order valence-corrected chi connectivity index (χ2v) is 7.41. The van der Waals surface area contributed by atoms with Crippen molar-refractivity contribution >= 4 is 59.3 Å². The molecule has 8 heteroatoms. The van der Waals surface area contributed by atoms with E-state index in [0.29, 0.717) is 30.8 Å². The third kappa shape index (κ3) is 3.20. The largest absolute Gasteiger partial charge is 0.493 e. The summed E-state index contributed by atoms with van der Waals surface area (Å²) in [6, 6.07) is 0. The molecule has 2 aromatic heterocycles. The minimum atomic E-state index is 0.149. The maximum absolute atomic E-state index is 10.0. The van der Waals surface area contributed by atoms with E-state index in [1.807, 2.05) is 13.8 Å². The third-order valence-corrected chi connectivity index (χ3v) is 5.62. The maximum atomic E-state index is 10.0. The summed E-state index contributed by atoms with van der Waals surface area (Å²) in [7, 11) is 0. The summed E-state index contributed by atoms with van der Waals surface area (Å²) in [5.74, 6) is 0.299. The Hall–Kier alpha value is -1.18. The lowest BCUT2D eigenvalue weighted by atomic mass is 10.4. The van der Waals surface area contributed by atoms with Crippen LogP contribution in [0.25, 0.3) is 12.2 Å². The summed E-state index contributed by atoms with van der Waals surface area (Å²) in [4.78, 5) is 1.30. The topological polar surface area (TPSA) is 50.3 Å². The van der Waals surface area contributed by atoms with Crippen LogP contribution in [0.5, 0.6) is 11.8 Å². The van der Waals surface area contributed by atoms with Gasteiger partial charge < -0.3 is 10.2 Å². The molecule has 0 bridgehead atoms. The molecule has 0 radical (unpaired) electrons. The first-order chi connectivity index (χ1) is 9.99. The molecule has 21 heavy (non-hydrogen) atoms. The van der Waals surface area contributed by atoms with E-state index < -0.39 is 0 Å². The number of aromatic nitrogens is 2. The Kier molecular flexibility index (Phi) is 5.18. The summed E-state index contributed by atoms with van der Waals surface area (Å²) in [5.41, 5.74) is 2.96. The van der Waals surface area contributed by atoms with Gasteiger partial charge in [-0.3, -0.25) is 9.13 Å². The average molecular weight is 359 g/mol. The molecule has 0 saturated heterocycles. The minimum Gasteiger partial charge on any atom is -0.493 e. The molecular formula is C13H14N2O2S4. The van der Waals surface area contributed by atoms with Crippen LogP contribution in [0.1, 0.15) is 23.6 Å². The molecule has 4 nitrogen and oxygen atoms in total. The highest BCUT2D eigenvalue weighted by Gasteiger charge is 2.08. The van der Waals surface area contributed by atoms with E-state index in [-0.39, 0.29) is 11.8 Å². The van der Waals surface area contributed by atoms with Crippen molar-refractivity contribution in [1.29, 1.82) is 0 Å². The zero-order chi connectivity index (χ0) is 15.6. The fourth-order valence-corrected chi connectivity index (χ4v) is 4.42. The molecule has 2 rings (SSSR count). The molecule has 0 aliphatic heterocycles. The molecule has 0 aromatic carbocycles. The van der Waals surface area contributed by atoms with Crippen molar-refractivity contribution in [2.45, 2.75) is 26.9 Å². The van der Waals surface area contributed by atoms with Gasteiger partial charge in [-0.1, -0.05) is 0 Å². The average Bonchev–Trinajstić information content (AvgIpc) is 2.87. The van der Waals surface area contributed by atoms with E-state index in [9.17, 15) is 10.2 Å². The Labute approximate surface area is 140 Å². The first-order valence-corrected chi connectivity index (χ1v) is 8.72. The number of hydrogen-bond donors (Lipinski definition) is 2. The van der Waals surface area contributed by atoms with E-state index in [1.54, 1.807) is 21.3 Å². The highest BCUT2D eigenvalue weighted by atomic mass is 32.2. The Morgan fingerprint density at radius 2 is 1.33 bits per heavy atom. The van der Waals surface area contributed by atoms with Crippen LogP contribution in [0.4, 0.5) is 0 Å². The van der Waals surface area contributed by atoms with E-state index in [4.69, 9.17) is 24.4 Å². The normalized spacial score (nSPS) is 10.4. The van der Waals surface area contributed by atoms with Gasteiger partial charge in [-0.2, -0.15) is 0 Å². The molecule has 2 aromatic rings. The number of aromatic hydroxyl groups is 2. The van der Waals surface area contributed by atoms with Crippen LogP contribution in [0.3, 0.4) is 0 Å². The van der Waals surface area contributed by atoms with Crippen molar-refractivity contribution in [3.05, 3.63) is 23.4 Å². The lowest BCUT2D eigenvalue weighted by molar-refractivity contribution is 0.419. The first kappa shape index (κ1) is 16.2. The highest BCUT2D eigenvalue weighted by Crippen LogP contribution is 2.29. The van der Waals surface area contributed by atoms with E-state index in [2.05, 4.69) is 5.73 Å². The predicted octanol–water partition coefficient (Wildman–Crippen LogP) is 4.65. The van der Waals surface area contributed by atoms with Gasteiger partial charge in [0.25, 0.3) is 0 Å². The molecular weight excluding hydrogens is 344 g/mol. The summed E-state index contributed by atoms with van der Waals surface area (Å²) < 4.78 is 4.56. The number of nitrogens with zero attached hydrogens (tertiary/aromatic N) is 2. The van der Waals surface area contributed by atoms with Crippen molar-refractivity contribution in [1.82, 2.24) is 9.13 Å². The Morgan fingerprint density at radius 3 is 1.62 bits per heavy atom. The van der Waals surface area contributed by atoms with Crippen molar-refractivity contribution in [2.24, 2.45) is 0 Å². The van der Waals surface area contributed by atoms with Gasteiger partial charge in [-0.15, -0.1) is 28.4 Å². The van der Waals surface area contributed by atoms with Gasteiger partial charge in [0, 0.05) is 25.2 Å². The quantitative estimate of drug-likeness (QED) is 0.617. The first-order valence-electron chi connectivity index (χ1n) is 6.27. The molecule has 0 aliphatic rings. The molecule has 0 saturated carbocycles. The SMILES string of the molecule is CCn1c(O)c(C=C=Cc2sc(=S)n(CC)c2O)sc1=S. The fourth-order valence-electron chi connectivity index (χ4n) is 1.77. The van der Waals surface area contributed by atoms with Crippen molar-refractivity contribution in [3.8, 4) is 11.8 Å². The molecule has 2 heterocycles. The molecule has 0 spiro atoms. The molecule has 0 amide bonds. The molecule has 0 unspecified atom stereocenters. The van der Waals surface area contributed by atoms with Gasteiger partial charge in [-0.25, -0.2) is 0 Å². The molecule has 0 fully saturated rings. The van der Waals surface area contributed by atoms with E-state index in [0.717, 1.165) is 0 Å². The fraction of sp³-hybridized carbons (Fsp3) is 0.308. The second kappa shape index (κ2) is 6.72. The summed E-state index contributed by atoms with van der Waals surface area (Å²) in [6.07, 6.45) is 3.31. The Balaban J connectivity index is 2.38. The summed E-state index contributed by atoms with van der Waals surface area (Å²) in [6.45, 7) is 5.09. The van der Waals surface area contributed by atoms with Gasteiger partial charge in [0.2, 0.25) is 11.8 Å². The highest BCUT2D eigenvalue weighted by molar-refractivity contribution is 7.73. The van der Waals surface area contributed by atoms with Crippen molar-refractivity contribution in [3.63, 3.8) is 0 Å². The van der Waals surface area contributed by atoms with Crippen LogP contribution < -0.4 is 0 Å². The summed E-state index contributed by atoms with van der Waals surface area (Å²) in [5, 5.41) is 20.0. The van der Waals surface area contributed by atoms with Gasteiger partial charge in [-0.05, 0) is 38.3 Å². The number of thiazole rings is 2. The number of rotatable bonds is 4. The lowest BCUT2D eigenvalue weighted by Gasteiger charge is -1.97. The van der Waals surface area contributed by atoms with Crippen LogP contribution in [0.2, 0.25) is 0 Å². The Morgan fingerprint density at radius 1 is 0.952 bits per heavy atom. The number of hydrogen-bond acceptors (Lipinski definition) is 6. The monoisotopic (exact) mass is 358 g/mol. The molecule has 2 N–H and O–H groups in total. The van der Waals surface area contributed by atoms with Crippen LogP contribution in [0, 0.1) is 7.91 Å². The minimum absolute atomic E-state index is 0.149. The van der Waals surface area contributed by atoms with Crippen molar-refractivity contribution in [2.75, 3.05) is 0 Å². The van der Waals surface area contributed by atoms with E-state index >= 15 is 0 Å². The van der Waals surface area contributed by atoms with Gasteiger partial charge in [0.15, 0.2) is 7.91 Å². The van der Waals surface area contributed by atoms with Gasteiger partial charge in [0.05, 0.1) is 9.75 Å². The lowest BCUT2D eigenvalue weighted by Crippen LogP contribution is -1.91. The van der Waals surface area contributed by atoms with Crippen LogP contribution in [-0.4, -0.2) is 19.3 Å². The maximum Gasteiger partial charge on any atom is 0.211 e. The third-order valence-electron chi connectivity index (χ3n) is 2.85. The van der Waals surface area contributed by atoms with Crippen LogP contribution in [0.15, 0.2) is 5.73 Å². The zero-order valence-corrected chi connectivity index (χ0v) is 14.8. The summed E-state index contributed by atoms with van der Waals surface area (Å²) >= 11 is 13.0. The smallest absolute Gasteiger partial charge is 0.211 e. The molecule has 112 valence electrons. The molecule has 0 aliphatic carbocycles. The van der Waals surface area contributed by atoms with E-state index in [1.165, 1.54) is 22.7 Å².